The van der Waals surface area contributed by atoms with Gasteiger partial charge in [-0.25, -0.2) is 0 Å². The topological polar surface area (TPSA) is 55.2 Å². The van der Waals surface area contributed by atoms with Gasteiger partial charge in [-0.2, -0.15) is 0 Å². The first-order valence-corrected chi connectivity index (χ1v) is 6.58. The molecule has 18 heavy (non-hydrogen) atoms. The van der Waals surface area contributed by atoms with Crippen molar-refractivity contribution in [3.63, 3.8) is 0 Å². The van der Waals surface area contributed by atoms with Gasteiger partial charge >= 0.3 is 0 Å². The van der Waals surface area contributed by atoms with Gasteiger partial charge < -0.3 is 5.32 Å². The van der Waals surface area contributed by atoms with E-state index in [2.05, 4.69) is 19.2 Å². The number of rotatable bonds is 4. The molecule has 1 saturated carbocycles. The van der Waals surface area contributed by atoms with Gasteiger partial charge in [0.1, 0.15) is 0 Å². The lowest BCUT2D eigenvalue weighted by Gasteiger charge is -2.23. The van der Waals surface area contributed by atoms with Crippen molar-refractivity contribution in [1.82, 2.24) is 5.32 Å². The van der Waals surface area contributed by atoms with Gasteiger partial charge in [0.05, 0.1) is 4.92 Å². The van der Waals surface area contributed by atoms with E-state index >= 15 is 0 Å². The van der Waals surface area contributed by atoms with Gasteiger partial charge in [0.2, 0.25) is 0 Å². The maximum Gasteiger partial charge on any atom is 0.269 e. The first-order valence-electron chi connectivity index (χ1n) is 6.58. The molecule has 3 atom stereocenters. The minimum Gasteiger partial charge on any atom is -0.307 e. The zero-order valence-electron chi connectivity index (χ0n) is 10.9. The molecule has 4 heteroatoms. The van der Waals surface area contributed by atoms with Gasteiger partial charge in [0.15, 0.2) is 0 Å². The van der Waals surface area contributed by atoms with Crippen LogP contribution in [-0.2, 0) is 0 Å². The van der Waals surface area contributed by atoms with Gasteiger partial charge in [-0.15, -0.1) is 0 Å². The van der Waals surface area contributed by atoms with Gasteiger partial charge in [-0.05, 0) is 31.2 Å². The van der Waals surface area contributed by atoms with Crippen LogP contribution in [0.15, 0.2) is 24.3 Å². The summed E-state index contributed by atoms with van der Waals surface area (Å²) >= 11 is 0. The van der Waals surface area contributed by atoms with Crippen molar-refractivity contribution in [3.8, 4) is 0 Å². The highest BCUT2D eigenvalue weighted by molar-refractivity contribution is 5.34. The smallest absolute Gasteiger partial charge is 0.269 e. The van der Waals surface area contributed by atoms with Crippen molar-refractivity contribution in [2.75, 3.05) is 0 Å². The second-order valence-electron chi connectivity index (χ2n) is 5.25. The largest absolute Gasteiger partial charge is 0.307 e. The summed E-state index contributed by atoms with van der Waals surface area (Å²) in [6.45, 7) is 4.40. The SMILES string of the molecule is CC(NC1CCCC1C)c1ccc([N+](=O)[O-])cc1. The first-order chi connectivity index (χ1) is 8.58. The molecule has 0 radical (unpaired) electrons. The summed E-state index contributed by atoms with van der Waals surface area (Å²) in [7, 11) is 0. The van der Waals surface area contributed by atoms with Crippen LogP contribution in [0.3, 0.4) is 0 Å². The number of nitrogens with zero attached hydrogens (tertiary/aromatic N) is 1. The van der Waals surface area contributed by atoms with E-state index in [0.717, 1.165) is 11.5 Å². The van der Waals surface area contributed by atoms with Gasteiger partial charge in [0.25, 0.3) is 5.69 Å². The Hall–Kier alpha value is -1.42. The first kappa shape index (κ1) is 13.0. The van der Waals surface area contributed by atoms with Crippen LogP contribution in [0, 0.1) is 16.0 Å². The van der Waals surface area contributed by atoms with E-state index in [4.69, 9.17) is 0 Å². The molecule has 0 aliphatic heterocycles. The Balaban J connectivity index is 2.00. The van der Waals surface area contributed by atoms with Gasteiger partial charge in [-0.3, -0.25) is 10.1 Å². The highest BCUT2D eigenvalue weighted by Gasteiger charge is 2.24. The fourth-order valence-corrected chi connectivity index (χ4v) is 2.70. The Morgan fingerprint density at radius 3 is 2.50 bits per heavy atom. The number of nitrogens with one attached hydrogen (secondary N) is 1. The van der Waals surface area contributed by atoms with Crippen LogP contribution in [0.1, 0.15) is 44.7 Å². The number of non-ortho nitro benzene ring substituents is 1. The maximum absolute atomic E-state index is 10.6. The van der Waals surface area contributed by atoms with Crippen LogP contribution in [-0.4, -0.2) is 11.0 Å². The van der Waals surface area contributed by atoms with Crippen LogP contribution in [0.4, 0.5) is 5.69 Å². The predicted molar refractivity (Wildman–Crippen MR) is 71.5 cm³/mol. The molecule has 1 aliphatic carbocycles. The summed E-state index contributed by atoms with van der Waals surface area (Å²) in [5.74, 6) is 0.727. The molecule has 0 spiro atoms. The second kappa shape index (κ2) is 5.48. The van der Waals surface area contributed by atoms with E-state index in [-0.39, 0.29) is 16.7 Å². The lowest BCUT2D eigenvalue weighted by atomic mass is 10.0. The second-order valence-corrected chi connectivity index (χ2v) is 5.25. The predicted octanol–water partition coefficient (Wildman–Crippen LogP) is 3.43. The fraction of sp³-hybridized carbons (Fsp3) is 0.571. The minimum absolute atomic E-state index is 0.153. The molecule has 1 fully saturated rings. The van der Waals surface area contributed by atoms with Crippen LogP contribution in [0.5, 0.6) is 0 Å². The summed E-state index contributed by atoms with van der Waals surface area (Å²) in [6, 6.07) is 7.66. The summed E-state index contributed by atoms with van der Waals surface area (Å²) in [5, 5.41) is 14.2. The standard InChI is InChI=1S/C14H20N2O2/c1-10-4-3-5-14(10)15-11(2)12-6-8-13(9-7-12)16(17)18/h6-11,14-15H,3-5H2,1-2H3. The monoisotopic (exact) mass is 248 g/mol. The Bertz CT molecular complexity index is 416. The van der Waals surface area contributed by atoms with Crippen LogP contribution in [0.2, 0.25) is 0 Å². The average Bonchev–Trinajstić information content (AvgIpc) is 2.75. The molecule has 3 unspecified atom stereocenters. The summed E-state index contributed by atoms with van der Waals surface area (Å²) < 4.78 is 0. The summed E-state index contributed by atoms with van der Waals surface area (Å²) in [5.41, 5.74) is 1.26. The maximum atomic E-state index is 10.6. The molecule has 1 N–H and O–H groups in total. The van der Waals surface area contributed by atoms with Crippen LogP contribution >= 0.6 is 0 Å². The van der Waals surface area contributed by atoms with Crippen LogP contribution < -0.4 is 5.32 Å². The van der Waals surface area contributed by atoms with E-state index in [9.17, 15) is 10.1 Å². The molecule has 1 aromatic carbocycles. The molecule has 2 rings (SSSR count). The van der Waals surface area contributed by atoms with E-state index in [1.807, 2.05) is 12.1 Å². The number of hydrogen-bond acceptors (Lipinski definition) is 3. The highest BCUT2D eigenvalue weighted by atomic mass is 16.6. The normalized spacial score (nSPS) is 25.0. The van der Waals surface area contributed by atoms with Crippen molar-refractivity contribution in [3.05, 3.63) is 39.9 Å². The molecule has 98 valence electrons. The molecular weight excluding hydrogens is 228 g/mol. The summed E-state index contributed by atoms with van der Waals surface area (Å²) in [6.07, 6.45) is 3.83. The molecule has 4 nitrogen and oxygen atoms in total. The molecule has 0 bridgehead atoms. The molecular formula is C14H20N2O2. The lowest BCUT2D eigenvalue weighted by Crippen LogP contribution is -2.33. The number of benzene rings is 1. The molecule has 0 amide bonds. The Morgan fingerprint density at radius 2 is 2.00 bits per heavy atom. The van der Waals surface area contributed by atoms with Crippen molar-refractivity contribution in [2.45, 2.75) is 45.2 Å². The fourth-order valence-electron chi connectivity index (χ4n) is 2.70. The van der Waals surface area contributed by atoms with Crippen molar-refractivity contribution >= 4 is 5.69 Å². The third kappa shape index (κ3) is 2.88. The van der Waals surface area contributed by atoms with E-state index < -0.39 is 0 Å². The Morgan fingerprint density at radius 1 is 1.33 bits per heavy atom. The van der Waals surface area contributed by atoms with Crippen molar-refractivity contribution < 1.29 is 4.92 Å². The van der Waals surface area contributed by atoms with Crippen LogP contribution in [0.25, 0.3) is 0 Å². The third-order valence-electron chi connectivity index (χ3n) is 3.93. The zero-order chi connectivity index (χ0) is 13.1. The molecule has 0 saturated heterocycles. The quantitative estimate of drug-likeness (QED) is 0.656. The molecule has 0 heterocycles. The summed E-state index contributed by atoms with van der Waals surface area (Å²) in [4.78, 5) is 10.2. The third-order valence-corrected chi connectivity index (χ3v) is 3.93. The van der Waals surface area contributed by atoms with Gasteiger partial charge in [0, 0.05) is 24.2 Å². The molecule has 1 aromatic rings. The number of hydrogen-bond donors (Lipinski definition) is 1. The Kier molecular flexibility index (Phi) is 3.97. The number of nitro groups is 1. The number of nitro benzene ring substituents is 1. The van der Waals surface area contributed by atoms with Crippen molar-refractivity contribution in [2.24, 2.45) is 5.92 Å². The van der Waals surface area contributed by atoms with Crippen molar-refractivity contribution in [1.29, 1.82) is 0 Å². The van der Waals surface area contributed by atoms with E-state index in [0.29, 0.717) is 6.04 Å². The van der Waals surface area contributed by atoms with Gasteiger partial charge in [-0.1, -0.05) is 25.5 Å². The zero-order valence-corrected chi connectivity index (χ0v) is 10.9. The minimum atomic E-state index is -0.360. The lowest BCUT2D eigenvalue weighted by molar-refractivity contribution is -0.384. The highest BCUT2D eigenvalue weighted by Crippen LogP contribution is 2.27. The Labute approximate surface area is 108 Å². The molecule has 0 aromatic heterocycles. The molecule has 1 aliphatic rings. The average molecular weight is 248 g/mol. The van der Waals surface area contributed by atoms with E-state index in [1.54, 1.807) is 12.1 Å². The van der Waals surface area contributed by atoms with E-state index in [1.165, 1.54) is 19.3 Å².